The van der Waals surface area contributed by atoms with Gasteiger partial charge in [0.05, 0.1) is 30.6 Å². The molecule has 5 nitrogen and oxygen atoms in total. The number of nitriles is 1. The van der Waals surface area contributed by atoms with Crippen LogP contribution in [-0.2, 0) is 17.8 Å². The molecule has 0 radical (unpaired) electrons. The first-order chi connectivity index (χ1) is 10.8. The van der Waals surface area contributed by atoms with Crippen LogP contribution in [0.2, 0.25) is 0 Å². The average Bonchev–Trinajstić information content (AvgIpc) is 3.20. The minimum absolute atomic E-state index is 0.152. The summed E-state index contributed by atoms with van der Waals surface area (Å²) in [5, 5.41) is 13.0. The van der Waals surface area contributed by atoms with Crippen LogP contribution in [-0.4, -0.2) is 33.2 Å². The molecule has 1 aromatic carbocycles. The van der Waals surface area contributed by atoms with Gasteiger partial charge in [0.2, 0.25) is 5.91 Å². The number of hydrogen-bond donors (Lipinski definition) is 0. The third-order valence-electron chi connectivity index (χ3n) is 4.09. The predicted molar refractivity (Wildman–Crippen MR) is 81.8 cm³/mol. The Balaban J connectivity index is 1.64. The van der Waals surface area contributed by atoms with Crippen LogP contribution in [0.3, 0.4) is 0 Å². The van der Waals surface area contributed by atoms with Gasteiger partial charge < -0.3 is 4.90 Å². The Morgan fingerprint density at radius 3 is 2.86 bits per heavy atom. The molecule has 0 spiro atoms. The van der Waals surface area contributed by atoms with Gasteiger partial charge in [0.1, 0.15) is 0 Å². The summed E-state index contributed by atoms with van der Waals surface area (Å²) < 4.78 is 1.89. The molecule has 22 heavy (non-hydrogen) atoms. The lowest BCUT2D eigenvalue weighted by Gasteiger charge is -2.24. The molecule has 1 aliphatic rings. The Kier molecular flexibility index (Phi) is 4.19. The highest BCUT2D eigenvalue weighted by atomic mass is 16.2. The van der Waals surface area contributed by atoms with Gasteiger partial charge in [-0.3, -0.25) is 9.48 Å². The summed E-state index contributed by atoms with van der Waals surface area (Å²) >= 11 is 0. The Labute approximate surface area is 129 Å². The Morgan fingerprint density at radius 2 is 2.18 bits per heavy atom. The van der Waals surface area contributed by atoms with Crippen LogP contribution in [0.25, 0.3) is 0 Å². The van der Waals surface area contributed by atoms with Gasteiger partial charge in [-0.15, -0.1) is 0 Å². The summed E-state index contributed by atoms with van der Waals surface area (Å²) in [7, 11) is 0. The zero-order valence-corrected chi connectivity index (χ0v) is 12.4. The minimum Gasteiger partial charge on any atom is -0.338 e. The number of carbonyl (C=O) groups excluding carboxylic acids is 1. The minimum atomic E-state index is 0.152. The molecule has 0 unspecified atom stereocenters. The maximum Gasteiger partial charge on any atom is 0.227 e. The molecule has 2 heterocycles. The number of benzene rings is 1. The number of nitrogens with zero attached hydrogens (tertiary/aromatic N) is 4. The SMILES string of the molecule is N#Cc1ccc(CC(=O)N2CCC[C@H]2Cn2cccn2)cc1. The van der Waals surface area contributed by atoms with Crippen molar-refractivity contribution in [1.29, 1.82) is 5.26 Å². The average molecular weight is 294 g/mol. The first kappa shape index (κ1) is 14.3. The van der Waals surface area contributed by atoms with Crippen LogP contribution in [0.1, 0.15) is 24.0 Å². The van der Waals surface area contributed by atoms with Gasteiger partial charge in [-0.2, -0.15) is 10.4 Å². The summed E-state index contributed by atoms with van der Waals surface area (Å²) in [5.74, 6) is 0.152. The van der Waals surface area contributed by atoms with Gasteiger partial charge in [0.25, 0.3) is 0 Å². The van der Waals surface area contributed by atoms with Crippen molar-refractivity contribution in [3.8, 4) is 6.07 Å². The van der Waals surface area contributed by atoms with E-state index in [0.29, 0.717) is 12.0 Å². The van der Waals surface area contributed by atoms with Crippen molar-refractivity contribution in [2.24, 2.45) is 0 Å². The van der Waals surface area contributed by atoms with E-state index in [4.69, 9.17) is 5.26 Å². The first-order valence-corrected chi connectivity index (χ1v) is 7.52. The summed E-state index contributed by atoms with van der Waals surface area (Å²) in [6.07, 6.45) is 6.16. The Bertz CT molecular complexity index is 670. The normalized spacial score (nSPS) is 17.4. The molecule has 3 rings (SSSR count). The number of amides is 1. The number of likely N-dealkylation sites (tertiary alicyclic amines) is 1. The second kappa shape index (κ2) is 6.44. The van der Waals surface area contributed by atoms with E-state index in [0.717, 1.165) is 31.5 Å². The van der Waals surface area contributed by atoms with Crippen LogP contribution >= 0.6 is 0 Å². The highest BCUT2D eigenvalue weighted by Crippen LogP contribution is 2.20. The number of rotatable bonds is 4. The molecule has 0 aliphatic carbocycles. The maximum atomic E-state index is 12.5. The molecule has 1 atom stereocenters. The maximum absolute atomic E-state index is 12.5. The van der Waals surface area contributed by atoms with Gasteiger partial charge in [0.15, 0.2) is 0 Å². The second-order valence-corrected chi connectivity index (χ2v) is 5.60. The molecule has 1 amide bonds. The summed E-state index contributed by atoms with van der Waals surface area (Å²) in [6.45, 7) is 1.58. The van der Waals surface area contributed by atoms with E-state index in [9.17, 15) is 4.79 Å². The fraction of sp³-hybridized carbons (Fsp3) is 0.353. The van der Waals surface area contributed by atoms with Crippen LogP contribution in [0.5, 0.6) is 0 Å². The number of aromatic nitrogens is 2. The topological polar surface area (TPSA) is 61.9 Å². The van der Waals surface area contributed by atoms with Gasteiger partial charge in [-0.25, -0.2) is 0 Å². The second-order valence-electron chi connectivity index (χ2n) is 5.60. The van der Waals surface area contributed by atoms with Gasteiger partial charge in [-0.1, -0.05) is 12.1 Å². The zero-order chi connectivity index (χ0) is 15.4. The van der Waals surface area contributed by atoms with Crippen molar-refractivity contribution >= 4 is 5.91 Å². The van der Waals surface area contributed by atoms with E-state index in [-0.39, 0.29) is 11.9 Å². The lowest BCUT2D eigenvalue weighted by molar-refractivity contribution is -0.131. The molecular weight excluding hydrogens is 276 g/mol. The quantitative estimate of drug-likeness (QED) is 0.866. The molecular formula is C17H18N4O. The molecule has 0 saturated carbocycles. The van der Waals surface area contributed by atoms with Crippen molar-refractivity contribution in [1.82, 2.24) is 14.7 Å². The van der Waals surface area contributed by atoms with E-state index < -0.39 is 0 Å². The smallest absolute Gasteiger partial charge is 0.227 e. The molecule has 5 heteroatoms. The van der Waals surface area contributed by atoms with E-state index in [2.05, 4.69) is 11.2 Å². The lowest BCUT2D eigenvalue weighted by atomic mass is 10.1. The van der Waals surface area contributed by atoms with Crippen molar-refractivity contribution < 1.29 is 4.79 Å². The van der Waals surface area contributed by atoms with E-state index in [1.165, 1.54) is 0 Å². The molecule has 1 fully saturated rings. The van der Waals surface area contributed by atoms with Gasteiger partial charge >= 0.3 is 0 Å². The number of carbonyl (C=O) groups is 1. The summed E-state index contributed by atoms with van der Waals surface area (Å²) in [5.41, 5.74) is 1.57. The first-order valence-electron chi connectivity index (χ1n) is 7.52. The van der Waals surface area contributed by atoms with Crippen LogP contribution in [0, 0.1) is 11.3 Å². The fourth-order valence-electron chi connectivity index (χ4n) is 2.95. The largest absolute Gasteiger partial charge is 0.338 e. The van der Waals surface area contributed by atoms with Gasteiger partial charge in [0, 0.05) is 18.9 Å². The van der Waals surface area contributed by atoms with Crippen molar-refractivity contribution in [3.63, 3.8) is 0 Å². The van der Waals surface area contributed by atoms with E-state index in [1.54, 1.807) is 18.3 Å². The predicted octanol–water partition coefficient (Wildman–Crippen LogP) is 1.99. The molecule has 112 valence electrons. The third kappa shape index (κ3) is 3.17. The molecule has 0 N–H and O–H groups in total. The van der Waals surface area contributed by atoms with Crippen molar-refractivity contribution in [2.75, 3.05) is 6.54 Å². The summed E-state index contributed by atoms with van der Waals surface area (Å²) in [6, 6.07) is 11.4. The van der Waals surface area contributed by atoms with E-state index in [1.807, 2.05) is 34.0 Å². The monoisotopic (exact) mass is 294 g/mol. The van der Waals surface area contributed by atoms with Crippen molar-refractivity contribution in [2.45, 2.75) is 31.8 Å². The third-order valence-corrected chi connectivity index (χ3v) is 4.09. The zero-order valence-electron chi connectivity index (χ0n) is 12.4. The molecule has 1 aliphatic heterocycles. The van der Waals surface area contributed by atoms with Gasteiger partial charge in [-0.05, 0) is 36.6 Å². The fourth-order valence-corrected chi connectivity index (χ4v) is 2.95. The van der Waals surface area contributed by atoms with E-state index >= 15 is 0 Å². The molecule has 1 aromatic heterocycles. The van der Waals surface area contributed by atoms with Crippen molar-refractivity contribution in [3.05, 3.63) is 53.9 Å². The highest BCUT2D eigenvalue weighted by molar-refractivity contribution is 5.79. The van der Waals surface area contributed by atoms with Crippen LogP contribution in [0.15, 0.2) is 42.7 Å². The standard InChI is InChI=1S/C17H18N4O/c18-12-15-6-4-14(5-7-15)11-17(22)21-10-1-3-16(21)13-20-9-2-8-19-20/h2,4-9,16H,1,3,10-11,13H2/t16-/m0/s1. The highest BCUT2D eigenvalue weighted by Gasteiger charge is 2.28. The molecule has 1 saturated heterocycles. The van der Waals surface area contributed by atoms with Crippen LogP contribution in [0.4, 0.5) is 0 Å². The summed E-state index contributed by atoms with van der Waals surface area (Å²) in [4.78, 5) is 14.5. The Hall–Kier alpha value is -2.61. The number of hydrogen-bond acceptors (Lipinski definition) is 3. The lowest BCUT2D eigenvalue weighted by Crippen LogP contribution is -2.39. The molecule has 2 aromatic rings. The Morgan fingerprint density at radius 1 is 1.36 bits per heavy atom. The molecule has 0 bridgehead atoms. The van der Waals surface area contributed by atoms with Crippen LogP contribution < -0.4 is 0 Å².